The van der Waals surface area contributed by atoms with Gasteiger partial charge in [0.2, 0.25) is 5.95 Å². The zero-order valence-corrected chi connectivity index (χ0v) is 18.7. The minimum absolute atomic E-state index is 0.153. The molecule has 31 heavy (non-hydrogen) atoms. The number of aliphatic imine (C=N–C) groups is 1. The molecule has 1 spiro atoms. The average Bonchev–Trinajstić information content (AvgIpc) is 3.03. The predicted molar refractivity (Wildman–Crippen MR) is 121 cm³/mol. The molecule has 164 valence electrons. The minimum atomic E-state index is -0.612. The fraction of sp³-hybridized carbons (Fsp3) is 0.500. The lowest BCUT2D eigenvalue weighted by atomic mass is 9.72. The topological polar surface area (TPSA) is 88.9 Å². The molecule has 7 nitrogen and oxygen atoms in total. The summed E-state index contributed by atoms with van der Waals surface area (Å²) < 4.78 is 10.9. The number of fused-ring (bicyclic) bond motifs is 2. The molecule has 1 aromatic carbocycles. The summed E-state index contributed by atoms with van der Waals surface area (Å²) in [5.41, 5.74) is 4.28. The van der Waals surface area contributed by atoms with Crippen molar-refractivity contribution in [3.05, 3.63) is 33.9 Å². The van der Waals surface area contributed by atoms with Gasteiger partial charge in [0.15, 0.2) is 0 Å². The lowest BCUT2D eigenvalue weighted by Crippen LogP contribution is -2.42. The number of rotatable bonds is 3. The second-order valence-corrected chi connectivity index (χ2v) is 9.13. The molecule has 2 N–H and O–H groups in total. The molecule has 0 saturated carbocycles. The van der Waals surface area contributed by atoms with E-state index in [9.17, 15) is 5.11 Å². The average molecular weight is 463 g/mol. The summed E-state index contributed by atoms with van der Waals surface area (Å²) in [7, 11) is 0. The van der Waals surface area contributed by atoms with Crippen molar-refractivity contribution in [2.75, 3.05) is 31.7 Å². The number of hydrogen-bond donors (Lipinski definition) is 2. The number of nitrogens with zero attached hydrogens (tertiary/aromatic N) is 3. The minimum Gasteiger partial charge on any atom is -0.389 e. The van der Waals surface area contributed by atoms with E-state index in [2.05, 4.69) is 28.3 Å². The summed E-state index contributed by atoms with van der Waals surface area (Å²) in [5.74, 6) is 0.412. The van der Waals surface area contributed by atoms with Crippen molar-refractivity contribution in [3.8, 4) is 11.3 Å². The van der Waals surface area contributed by atoms with Gasteiger partial charge in [0.05, 0.1) is 46.4 Å². The van der Waals surface area contributed by atoms with Crippen LogP contribution in [0.2, 0.25) is 10.0 Å². The molecule has 0 aliphatic carbocycles. The van der Waals surface area contributed by atoms with E-state index >= 15 is 0 Å². The highest BCUT2D eigenvalue weighted by Crippen LogP contribution is 2.50. The largest absolute Gasteiger partial charge is 0.389 e. The lowest BCUT2D eigenvalue weighted by Gasteiger charge is -2.35. The first-order valence-corrected chi connectivity index (χ1v) is 11.3. The maximum absolute atomic E-state index is 10.2. The Bertz CT molecular complexity index is 1040. The zero-order chi connectivity index (χ0) is 21.6. The first kappa shape index (κ1) is 21.1. The molecule has 5 rings (SSSR count). The first-order chi connectivity index (χ1) is 15.0. The number of hydrogen-bond acceptors (Lipinski definition) is 7. The number of nitrogens with one attached hydrogen (secondary N) is 1. The van der Waals surface area contributed by atoms with Crippen LogP contribution in [0.5, 0.6) is 0 Å². The third-order valence-corrected chi connectivity index (χ3v) is 7.12. The van der Waals surface area contributed by atoms with E-state index in [1.807, 2.05) is 6.07 Å². The van der Waals surface area contributed by atoms with Gasteiger partial charge < -0.3 is 19.9 Å². The summed E-state index contributed by atoms with van der Waals surface area (Å²) in [4.78, 5) is 13.8. The van der Waals surface area contributed by atoms with E-state index in [4.69, 9.17) is 37.7 Å². The Hall–Kier alpha value is -1.77. The van der Waals surface area contributed by atoms with Crippen molar-refractivity contribution in [1.82, 2.24) is 9.97 Å². The van der Waals surface area contributed by atoms with Gasteiger partial charge in [-0.2, -0.15) is 0 Å². The van der Waals surface area contributed by atoms with Gasteiger partial charge in [-0.25, -0.2) is 9.97 Å². The fourth-order valence-corrected chi connectivity index (χ4v) is 5.19. The molecule has 0 radical (unpaired) electrons. The highest BCUT2D eigenvalue weighted by molar-refractivity contribution is 6.35. The van der Waals surface area contributed by atoms with Crippen LogP contribution in [-0.4, -0.2) is 59.4 Å². The van der Waals surface area contributed by atoms with Crippen LogP contribution >= 0.6 is 23.2 Å². The predicted octanol–water partition coefficient (Wildman–Crippen LogP) is 4.17. The van der Waals surface area contributed by atoms with Crippen molar-refractivity contribution in [1.29, 1.82) is 0 Å². The summed E-state index contributed by atoms with van der Waals surface area (Å²) >= 11 is 13.2. The van der Waals surface area contributed by atoms with Crippen molar-refractivity contribution in [2.45, 2.75) is 43.7 Å². The SMILES string of the molecule is CC1=Nc2c(Cl)cc(-c3nc(N[C@@H]4CCOC[C@H]4O)ncc3Cl)cc2C12CCOCC2. The highest BCUT2D eigenvalue weighted by Gasteiger charge is 2.43. The molecular weight excluding hydrogens is 439 g/mol. The van der Waals surface area contributed by atoms with E-state index in [1.54, 1.807) is 6.20 Å². The lowest BCUT2D eigenvalue weighted by molar-refractivity contribution is -0.0136. The zero-order valence-electron chi connectivity index (χ0n) is 17.2. The smallest absolute Gasteiger partial charge is 0.223 e. The number of halogens is 2. The molecule has 9 heteroatoms. The van der Waals surface area contributed by atoms with E-state index < -0.39 is 6.10 Å². The maximum atomic E-state index is 10.2. The Kier molecular flexibility index (Phi) is 5.65. The Morgan fingerprint density at radius 2 is 1.94 bits per heavy atom. The number of aliphatic hydroxyl groups is 1. The Morgan fingerprint density at radius 3 is 2.71 bits per heavy atom. The molecule has 2 saturated heterocycles. The molecule has 0 unspecified atom stereocenters. The molecule has 1 aromatic heterocycles. The molecule has 0 bridgehead atoms. The second-order valence-electron chi connectivity index (χ2n) is 8.32. The van der Waals surface area contributed by atoms with Crippen molar-refractivity contribution < 1.29 is 14.6 Å². The number of aliphatic hydroxyl groups excluding tert-OH is 1. The van der Waals surface area contributed by atoms with Crippen LogP contribution in [-0.2, 0) is 14.9 Å². The third-order valence-electron chi connectivity index (χ3n) is 6.56. The Labute approximate surface area is 190 Å². The summed E-state index contributed by atoms with van der Waals surface area (Å²) in [6.07, 6.45) is 3.39. The van der Waals surface area contributed by atoms with Gasteiger partial charge in [-0.15, -0.1) is 0 Å². The van der Waals surface area contributed by atoms with Crippen LogP contribution < -0.4 is 5.32 Å². The van der Waals surface area contributed by atoms with Crippen LogP contribution in [0.25, 0.3) is 11.3 Å². The molecule has 4 heterocycles. The molecular formula is C22H24Cl2N4O3. The van der Waals surface area contributed by atoms with Gasteiger partial charge in [0, 0.05) is 36.5 Å². The summed E-state index contributed by atoms with van der Waals surface area (Å²) in [5, 5.41) is 14.4. The van der Waals surface area contributed by atoms with Crippen LogP contribution in [0, 0.1) is 0 Å². The van der Waals surface area contributed by atoms with Gasteiger partial charge in [-0.1, -0.05) is 23.2 Å². The number of benzene rings is 1. The summed E-state index contributed by atoms with van der Waals surface area (Å²) in [6, 6.07) is 3.79. The summed E-state index contributed by atoms with van der Waals surface area (Å²) in [6.45, 7) is 4.35. The van der Waals surface area contributed by atoms with Crippen molar-refractivity contribution in [3.63, 3.8) is 0 Å². The van der Waals surface area contributed by atoms with Crippen LogP contribution in [0.3, 0.4) is 0 Å². The molecule has 2 atom stereocenters. The van der Waals surface area contributed by atoms with Crippen LogP contribution in [0.1, 0.15) is 31.7 Å². The van der Waals surface area contributed by atoms with Gasteiger partial charge >= 0.3 is 0 Å². The van der Waals surface area contributed by atoms with E-state index in [0.717, 1.165) is 35.4 Å². The first-order valence-electron chi connectivity index (χ1n) is 10.5. The highest BCUT2D eigenvalue weighted by atomic mass is 35.5. The van der Waals surface area contributed by atoms with Gasteiger partial charge in [0.1, 0.15) is 0 Å². The van der Waals surface area contributed by atoms with Crippen LogP contribution in [0.4, 0.5) is 11.6 Å². The fourth-order valence-electron chi connectivity index (χ4n) is 4.73. The monoisotopic (exact) mass is 462 g/mol. The number of ether oxygens (including phenoxy) is 2. The molecule has 3 aliphatic rings. The van der Waals surface area contributed by atoms with E-state index in [-0.39, 0.29) is 11.5 Å². The number of aromatic nitrogens is 2. The van der Waals surface area contributed by atoms with E-state index in [0.29, 0.717) is 54.5 Å². The quantitative estimate of drug-likeness (QED) is 0.711. The molecule has 2 aromatic rings. The Morgan fingerprint density at radius 1 is 1.13 bits per heavy atom. The Balaban J connectivity index is 1.52. The van der Waals surface area contributed by atoms with Gasteiger partial charge in [-0.3, -0.25) is 4.99 Å². The van der Waals surface area contributed by atoms with Crippen molar-refractivity contribution in [2.24, 2.45) is 4.99 Å². The number of anilines is 1. The van der Waals surface area contributed by atoms with Crippen molar-refractivity contribution >= 4 is 40.5 Å². The maximum Gasteiger partial charge on any atom is 0.223 e. The second kappa shape index (κ2) is 8.30. The molecule has 0 amide bonds. The third kappa shape index (κ3) is 3.72. The van der Waals surface area contributed by atoms with Crippen LogP contribution in [0.15, 0.2) is 23.3 Å². The molecule has 2 fully saturated rings. The molecule has 3 aliphatic heterocycles. The normalized spacial score (nSPS) is 24.7. The van der Waals surface area contributed by atoms with Gasteiger partial charge in [-0.05, 0) is 43.9 Å². The van der Waals surface area contributed by atoms with Gasteiger partial charge in [0.25, 0.3) is 0 Å². The standard InChI is InChI=1S/C22H24Cl2N4O3/c1-12-22(3-6-30-7-4-22)14-8-13(9-15(23)20(14)26-12)19-16(24)10-25-21(28-19)27-17-2-5-31-11-18(17)29/h8-10,17-18,29H,2-7,11H2,1H3,(H,25,27,28)/t17-,18-/m1/s1. The van der Waals surface area contributed by atoms with E-state index in [1.165, 1.54) is 0 Å².